The molecule has 21 heavy (non-hydrogen) atoms. The van der Waals surface area contributed by atoms with Gasteiger partial charge in [-0.15, -0.1) is 11.3 Å². The number of thiophene rings is 1. The van der Waals surface area contributed by atoms with Crippen molar-refractivity contribution in [3.63, 3.8) is 0 Å². The molecule has 8 heteroatoms. The highest BCUT2D eigenvalue weighted by atomic mass is 35.5. The van der Waals surface area contributed by atoms with Crippen LogP contribution in [-0.2, 0) is 10.0 Å². The fourth-order valence-electron chi connectivity index (χ4n) is 2.56. The van der Waals surface area contributed by atoms with Crippen LogP contribution in [0, 0.1) is 0 Å². The van der Waals surface area contributed by atoms with Gasteiger partial charge in [0.05, 0.1) is 4.34 Å². The smallest absolute Gasteiger partial charge is 0.243 e. The normalized spacial score (nSPS) is 23.4. The van der Waals surface area contributed by atoms with Crippen LogP contribution in [0.15, 0.2) is 11.0 Å². The number of halogens is 2. The van der Waals surface area contributed by atoms with E-state index in [1.54, 1.807) is 0 Å². The summed E-state index contributed by atoms with van der Waals surface area (Å²) in [7, 11) is -3.58. The van der Waals surface area contributed by atoms with E-state index in [2.05, 4.69) is 17.0 Å². The second-order valence-electron chi connectivity index (χ2n) is 5.31. The maximum absolute atomic E-state index is 12.3. The summed E-state index contributed by atoms with van der Waals surface area (Å²) in [6, 6.07) is 1.89. The first-order chi connectivity index (χ1) is 9.92. The van der Waals surface area contributed by atoms with Gasteiger partial charge in [-0.2, -0.15) is 0 Å². The molecule has 0 aliphatic heterocycles. The molecule has 1 aliphatic carbocycles. The Kier molecular flexibility index (Phi) is 6.35. The molecule has 0 spiro atoms. The molecule has 1 heterocycles. The highest BCUT2D eigenvalue weighted by Crippen LogP contribution is 2.34. The van der Waals surface area contributed by atoms with E-state index in [4.69, 9.17) is 23.2 Å². The van der Waals surface area contributed by atoms with Crippen LogP contribution in [0.3, 0.4) is 0 Å². The van der Waals surface area contributed by atoms with Gasteiger partial charge in [0.2, 0.25) is 10.0 Å². The molecule has 0 unspecified atom stereocenters. The van der Waals surface area contributed by atoms with Gasteiger partial charge in [0, 0.05) is 12.1 Å². The second kappa shape index (κ2) is 7.62. The molecule has 1 saturated carbocycles. The minimum absolute atomic E-state index is 0.0237. The molecule has 120 valence electrons. The monoisotopic (exact) mass is 370 g/mol. The summed E-state index contributed by atoms with van der Waals surface area (Å²) in [5, 5.41) is 3.48. The lowest BCUT2D eigenvalue weighted by Gasteiger charge is -2.29. The van der Waals surface area contributed by atoms with E-state index < -0.39 is 10.0 Å². The zero-order chi connectivity index (χ0) is 15.5. The van der Waals surface area contributed by atoms with E-state index >= 15 is 0 Å². The predicted octanol–water partition coefficient (Wildman–Crippen LogP) is 3.64. The number of hydrogen-bond donors (Lipinski definition) is 2. The summed E-state index contributed by atoms with van der Waals surface area (Å²) < 4.78 is 28.0. The molecule has 0 atom stereocenters. The lowest BCUT2D eigenvalue weighted by molar-refractivity contribution is 0.330. The summed E-state index contributed by atoms with van der Waals surface area (Å²) >= 11 is 12.8. The number of hydrogen-bond acceptors (Lipinski definition) is 4. The first-order valence-corrected chi connectivity index (χ1v) is 10.2. The van der Waals surface area contributed by atoms with Crippen molar-refractivity contribution in [3.8, 4) is 0 Å². The van der Waals surface area contributed by atoms with Gasteiger partial charge in [-0.25, -0.2) is 13.1 Å². The van der Waals surface area contributed by atoms with Gasteiger partial charge in [0.1, 0.15) is 9.23 Å². The summed E-state index contributed by atoms with van der Waals surface area (Å²) in [5.41, 5.74) is 0. The largest absolute Gasteiger partial charge is 0.314 e. The molecule has 0 bridgehead atoms. The van der Waals surface area contributed by atoms with Gasteiger partial charge in [-0.1, -0.05) is 30.1 Å². The Morgan fingerprint density at radius 2 is 1.86 bits per heavy atom. The Bertz CT molecular complexity index is 567. The number of rotatable bonds is 6. The third kappa shape index (κ3) is 4.81. The van der Waals surface area contributed by atoms with Crippen molar-refractivity contribution in [3.05, 3.63) is 14.7 Å². The number of sulfonamides is 1. The summed E-state index contributed by atoms with van der Waals surface area (Å²) in [5.74, 6) is 0. The minimum Gasteiger partial charge on any atom is -0.314 e. The van der Waals surface area contributed by atoms with Gasteiger partial charge < -0.3 is 5.32 Å². The molecule has 4 nitrogen and oxygen atoms in total. The average Bonchev–Trinajstić information content (AvgIpc) is 2.77. The van der Waals surface area contributed by atoms with Crippen LogP contribution >= 0.6 is 34.5 Å². The van der Waals surface area contributed by atoms with Crippen molar-refractivity contribution in [1.82, 2.24) is 10.0 Å². The lowest BCUT2D eigenvalue weighted by Crippen LogP contribution is -2.42. The van der Waals surface area contributed by atoms with E-state index in [9.17, 15) is 8.42 Å². The number of nitrogens with one attached hydrogen (secondary N) is 2. The first kappa shape index (κ1) is 17.5. The Hall–Kier alpha value is 0.150. The standard InChI is InChI=1S/C13H20Cl2N2O2S2/c1-2-7-16-9-3-5-10(6-4-9)17-21(18,19)11-8-12(14)20-13(11)15/h8-10,16-17H,2-7H2,1H3. The Morgan fingerprint density at radius 3 is 2.38 bits per heavy atom. The van der Waals surface area contributed by atoms with Crippen LogP contribution in [-0.4, -0.2) is 27.0 Å². The summed E-state index contributed by atoms with van der Waals surface area (Å²) in [4.78, 5) is 0.0883. The van der Waals surface area contributed by atoms with E-state index in [1.807, 2.05) is 0 Å². The zero-order valence-corrected chi connectivity index (χ0v) is 15.0. The molecule has 1 aromatic rings. The molecule has 1 aromatic heterocycles. The van der Waals surface area contributed by atoms with Crippen molar-refractivity contribution < 1.29 is 8.42 Å². The fourth-order valence-corrected chi connectivity index (χ4v) is 6.01. The van der Waals surface area contributed by atoms with Crippen LogP contribution in [0.25, 0.3) is 0 Å². The minimum atomic E-state index is -3.58. The molecule has 0 aromatic carbocycles. The predicted molar refractivity (Wildman–Crippen MR) is 89.0 cm³/mol. The van der Waals surface area contributed by atoms with Crippen LogP contribution < -0.4 is 10.0 Å². The third-order valence-electron chi connectivity index (χ3n) is 3.65. The topological polar surface area (TPSA) is 58.2 Å². The fraction of sp³-hybridized carbons (Fsp3) is 0.692. The van der Waals surface area contributed by atoms with Gasteiger partial charge in [0.25, 0.3) is 0 Å². The average molecular weight is 371 g/mol. The van der Waals surface area contributed by atoms with E-state index in [0.717, 1.165) is 50.0 Å². The molecule has 2 N–H and O–H groups in total. The molecule has 1 fully saturated rings. The van der Waals surface area contributed by atoms with E-state index in [0.29, 0.717) is 10.4 Å². The van der Waals surface area contributed by atoms with Crippen molar-refractivity contribution in [2.24, 2.45) is 0 Å². The maximum atomic E-state index is 12.3. The molecule has 0 saturated heterocycles. The highest BCUT2D eigenvalue weighted by molar-refractivity contribution is 7.89. The van der Waals surface area contributed by atoms with Crippen LogP contribution in [0.5, 0.6) is 0 Å². The Morgan fingerprint density at radius 1 is 1.24 bits per heavy atom. The molecular weight excluding hydrogens is 351 g/mol. The van der Waals surface area contributed by atoms with E-state index in [-0.39, 0.29) is 15.3 Å². The molecule has 0 amide bonds. The van der Waals surface area contributed by atoms with Crippen LogP contribution in [0.1, 0.15) is 39.0 Å². The summed E-state index contributed by atoms with van der Waals surface area (Å²) in [6.45, 7) is 3.16. The molecule has 2 rings (SSSR count). The van der Waals surface area contributed by atoms with Crippen molar-refractivity contribution in [2.45, 2.75) is 56.0 Å². The van der Waals surface area contributed by atoms with Crippen molar-refractivity contribution in [1.29, 1.82) is 0 Å². The summed E-state index contributed by atoms with van der Waals surface area (Å²) in [6.07, 6.45) is 4.78. The van der Waals surface area contributed by atoms with Crippen LogP contribution in [0.2, 0.25) is 8.67 Å². The molecular formula is C13H20Cl2N2O2S2. The van der Waals surface area contributed by atoms with Crippen molar-refractivity contribution >= 4 is 44.6 Å². The van der Waals surface area contributed by atoms with Gasteiger partial charge in [-0.3, -0.25) is 0 Å². The maximum Gasteiger partial charge on any atom is 0.243 e. The zero-order valence-electron chi connectivity index (χ0n) is 11.9. The van der Waals surface area contributed by atoms with Crippen LogP contribution in [0.4, 0.5) is 0 Å². The first-order valence-electron chi connectivity index (χ1n) is 7.13. The van der Waals surface area contributed by atoms with Gasteiger partial charge in [0.15, 0.2) is 0 Å². The van der Waals surface area contributed by atoms with Gasteiger partial charge in [-0.05, 0) is 44.7 Å². The van der Waals surface area contributed by atoms with Gasteiger partial charge >= 0.3 is 0 Å². The molecule has 0 radical (unpaired) electrons. The van der Waals surface area contributed by atoms with E-state index in [1.165, 1.54) is 6.07 Å². The quantitative estimate of drug-likeness (QED) is 0.803. The Labute approximate surface area is 140 Å². The second-order valence-corrected chi connectivity index (χ2v) is 9.28. The highest BCUT2D eigenvalue weighted by Gasteiger charge is 2.27. The third-order valence-corrected chi connectivity index (χ3v) is 6.92. The van der Waals surface area contributed by atoms with Crippen molar-refractivity contribution in [2.75, 3.05) is 6.54 Å². The molecule has 1 aliphatic rings. The lowest BCUT2D eigenvalue weighted by atomic mass is 9.92. The Balaban J connectivity index is 1.92. The SMILES string of the molecule is CCCNC1CCC(NS(=O)(=O)c2cc(Cl)sc2Cl)CC1.